The van der Waals surface area contributed by atoms with E-state index in [0.717, 1.165) is 79.6 Å². The van der Waals surface area contributed by atoms with Crippen molar-refractivity contribution >= 4 is 17.3 Å². The first-order valence-electron chi connectivity index (χ1n) is 18.1. The Hall–Kier alpha value is -4.12. The number of hydrogen-bond acceptors (Lipinski definition) is 8. The average Bonchev–Trinajstić information content (AvgIpc) is 3.96. The monoisotopic (exact) mass is 684 g/mol. The maximum atomic E-state index is 11.4. The van der Waals surface area contributed by atoms with Crippen molar-refractivity contribution in [3.8, 4) is 33.7 Å². The summed E-state index contributed by atoms with van der Waals surface area (Å²) in [6.07, 6.45) is 13.3. The van der Waals surface area contributed by atoms with Gasteiger partial charge in [0.15, 0.2) is 23.1 Å². The van der Waals surface area contributed by atoms with Crippen molar-refractivity contribution in [2.75, 3.05) is 13.7 Å². The lowest BCUT2D eigenvalue weighted by atomic mass is 9.95. The molecule has 1 aromatic carbocycles. The fraction of sp³-hybridized carbons (Fsp3) is 0.526. The number of carbonyl (C=O) groups is 1. The third kappa shape index (κ3) is 6.74. The molecule has 4 aromatic rings. The van der Waals surface area contributed by atoms with Gasteiger partial charge in [0.1, 0.15) is 5.69 Å². The molecule has 0 unspecified atom stereocenters. The Balaban J connectivity index is 0.000000154. The highest BCUT2D eigenvalue weighted by atomic mass is 32.1. The second kappa shape index (κ2) is 14.8. The molecule has 2 N–H and O–H groups in total. The zero-order valence-electron chi connectivity index (χ0n) is 28.9. The second-order valence-corrected chi connectivity index (χ2v) is 14.5. The molecule has 3 aromatic heterocycles. The third-order valence-corrected chi connectivity index (χ3v) is 11.5. The Kier molecular flexibility index (Phi) is 10.1. The van der Waals surface area contributed by atoms with Gasteiger partial charge < -0.3 is 24.5 Å². The van der Waals surface area contributed by atoms with Crippen LogP contribution in [0.2, 0.25) is 0 Å². The molecule has 5 heterocycles. The quantitative estimate of drug-likeness (QED) is 0.171. The lowest BCUT2D eigenvalue weighted by Crippen LogP contribution is -2.16. The number of carboxylic acid groups (broad SMARTS) is 1. The lowest BCUT2D eigenvalue weighted by molar-refractivity contribution is -0.132. The normalized spacial score (nSPS) is 19.9. The first-order chi connectivity index (χ1) is 24.0. The van der Waals surface area contributed by atoms with E-state index in [4.69, 9.17) is 14.6 Å². The zero-order valence-corrected chi connectivity index (χ0v) is 29.7. The molecule has 49 heavy (non-hydrogen) atoms. The van der Waals surface area contributed by atoms with Crippen molar-refractivity contribution in [1.29, 1.82) is 0 Å². The number of aromatic nitrogens is 5. The van der Waals surface area contributed by atoms with Crippen LogP contribution in [0.3, 0.4) is 0 Å². The fourth-order valence-corrected chi connectivity index (χ4v) is 8.75. The maximum absolute atomic E-state index is 11.4. The number of thiophene rings is 1. The Bertz CT molecular complexity index is 1800. The van der Waals surface area contributed by atoms with Crippen LogP contribution in [-0.4, -0.2) is 55.4 Å². The van der Waals surface area contributed by atoms with E-state index in [1.165, 1.54) is 60.4 Å². The summed E-state index contributed by atoms with van der Waals surface area (Å²) < 4.78 is 16.2. The molecule has 2 saturated carbocycles. The lowest BCUT2D eigenvalue weighted by Gasteiger charge is -2.20. The Labute approximate surface area is 292 Å². The Morgan fingerprint density at radius 2 is 1.82 bits per heavy atom. The molecule has 10 nitrogen and oxygen atoms in total. The maximum Gasteiger partial charge on any atom is 0.333 e. The van der Waals surface area contributed by atoms with Crippen LogP contribution < -0.4 is 14.8 Å². The number of nitrogens with one attached hydrogen (secondary N) is 1. The molecule has 0 bridgehead atoms. The molecule has 2 aliphatic carbocycles. The fourth-order valence-electron chi connectivity index (χ4n) is 8.04. The molecule has 4 aliphatic rings. The highest BCUT2D eigenvalue weighted by Gasteiger charge is 2.32. The first kappa shape index (κ1) is 33.4. The van der Waals surface area contributed by atoms with Crippen molar-refractivity contribution in [1.82, 2.24) is 29.9 Å². The van der Waals surface area contributed by atoms with Gasteiger partial charge in [-0.15, -0.1) is 21.5 Å². The Morgan fingerprint density at radius 3 is 2.51 bits per heavy atom. The number of aryl methyl sites for hydroxylation is 1. The molecular weight excluding hydrogens is 637 g/mol. The van der Waals surface area contributed by atoms with Crippen LogP contribution in [0.25, 0.3) is 22.2 Å². The zero-order chi connectivity index (χ0) is 33.9. The molecule has 260 valence electrons. The molecule has 2 aliphatic heterocycles. The number of rotatable bonds is 9. The van der Waals surface area contributed by atoms with Gasteiger partial charge in [-0.05, 0) is 93.4 Å². The second-order valence-electron chi connectivity index (χ2n) is 13.6. The van der Waals surface area contributed by atoms with E-state index in [-0.39, 0.29) is 12.0 Å². The number of benzene rings is 1. The van der Waals surface area contributed by atoms with E-state index in [1.807, 2.05) is 13.0 Å². The predicted molar refractivity (Wildman–Crippen MR) is 191 cm³/mol. The number of nitrogens with zero attached hydrogens (tertiary/aromatic N) is 5. The van der Waals surface area contributed by atoms with Crippen molar-refractivity contribution in [2.24, 2.45) is 0 Å². The topological polar surface area (TPSA) is 116 Å². The predicted octanol–water partition coefficient (Wildman–Crippen LogP) is 7.95. The third-order valence-electron chi connectivity index (χ3n) is 10.6. The van der Waals surface area contributed by atoms with Gasteiger partial charge in [0.2, 0.25) is 0 Å². The van der Waals surface area contributed by atoms with Gasteiger partial charge in [0.25, 0.3) is 0 Å². The van der Waals surface area contributed by atoms with Crippen molar-refractivity contribution < 1.29 is 19.4 Å². The minimum Gasteiger partial charge on any atom is -0.493 e. The van der Waals surface area contributed by atoms with E-state index in [2.05, 4.69) is 61.3 Å². The molecule has 0 radical (unpaired) electrons. The average molecular weight is 685 g/mol. The minimum absolute atomic E-state index is 0.257. The molecule has 1 atom stereocenters. The minimum atomic E-state index is -0.828. The van der Waals surface area contributed by atoms with Crippen LogP contribution in [0.4, 0.5) is 0 Å². The van der Waals surface area contributed by atoms with E-state index < -0.39 is 5.97 Å². The number of methoxy groups -OCH3 is 1. The summed E-state index contributed by atoms with van der Waals surface area (Å²) in [5.41, 5.74) is 6.40. The van der Waals surface area contributed by atoms with Gasteiger partial charge in [0.05, 0.1) is 35.4 Å². The van der Waals surface area contributed by atoms with E-state index in [1.54, 1.807) is 18.4 Å². The summed E-state index contributed by atoms with van der Waals surface area (Å²) in [7, 11) is 1.66. The summed E-state index contributed by atoms with van der Waals surface area (Å²) >= 11 is 1.73. The summed E-state index contributed by atoms with van der Waals surface area (Å²) in [5, 5.41) is 28.8. The molecule has 1 saturated heterocycles. The molecular formula is C38H48N6O4S. The van der Waals surface area contributed by atoms with Crippen LogP contribution in [0.5, 0.6) is 11.5 Å². The molecule has 8 rings (SSSR count). The van der Waals surface area contributed by atoms with Crippen LogP contribution >= 0.6 is 11.3 Å². The summed E-state index contributed by atoms with van der Waals surface area (Å²) in [6.45, 7) is 5.79. The van der Waals surface area contributed by atoms with E-state index in [9.17, 15) is 9.90 Å². The van der Waals surface area contributed by atoms with Gasteiger partial charge in [-0.2, -0.15) is 5.10 Å². The van der Waals surface area contributed by atoms with Crippen molar-refractivity contribution in [2.45, 2.75) is 116 Å². The summed E-state index contributed by atoms with van der Waals surface area (Å²) in [4.78, 5) is 12.6. The van der Waals surface area contributed by atoms with Crippen LogP contribution in [0, 0.1) is 0 Å². The van der Waals surface area contributed by atoms with Crippen LogP contribution in [0.15, 0.2) is 47.0 Å². The number of fused-ring (bicyclic) bond motifs is 3. The van der Waals surface area contributed by atoms with Gasteiger partial charge in [-0.3, -0.25) is 4.68 Å². The van der Waals surface area contributed by atoms with Gasteiger partial charge in [0, 0.05) is 30.3 Å². The molecule has 0 spiro atoms. The first-order valence-corrected chi connectivity index (χ1v) is 19.0. The highest BCUT2D eigenvalue weighted by Crippen LogP contribution is 2.40. The molecule has 11 heteroatoms. The standard InChI is InChI=1S/C20H27NO4.C18H21N5S/c1-3-16(20(22)23)17-10-14(12-21-17)13-8-9-18(24-2)19(11-13)25-15-6-4-5-7-15;1-2-14-13-9-10-22-17(15-8-5-11-24-15)19-20-18(22)16(13)23(21-14)12-6-3-4-7-12/h8-9,11,14-15,21H,3-7,10,12H2,1-2H3,(H,22,23);5,8,11-12H,2-4,6-7,9-10H2,1H3/b17-16+;/t14-;/m1./s1. The number of aliphatic carboxylic acids is 1. The number of carboxylic acids is 1. The molecule has 0 amide bonds. The van der Waals surface area contributed by atoms with Gasteiger partial charge >= 0.3 is 5.97 Å². The SMILES string of the molecule is CC/C(C(=O)O)=C1/C[C@@H](c2ccc(OC)c(OC3CCCC3)c2)CN1.CCc1nn(C2CCCC2)c2c1CCn1c(-c3cccs3)nnc1-2. The Morgan fingerprint density at radius 1 is 1.04 bits per heavy atom. The van der Waals surface area contributed by atoms with E-state index >= 15 is 0 Å². The van der Waals surface area contributed by atoms with Crippen LogP contribution in [-0.2, 0) is 24.2 Å². The number of allylic oxidation sites excluding steroid dienone is 1. The van der Waals surface area contributed by atoms with Gasteiger partial charge in [-0.25, -0.2) is 4.79 Å². The molecule has 3 fully saturated rings. The van der Waals surface area contributed by atoms with Crippen molar-refractivity contribution in [3.05, 3.63) is 63.8 Å². The summed E-state index contributed by atoms with van der Waals surface area (Å²) in [5.74, 6) is 3.01. The highest BCUT2D eigenvalue weighted by molar-refractivity contribution is 7.13. The van der Waals surface area contributed by atoms with Crippen molar-refractivity contribution in [3.63, 3.8) is 0 Å². The summed E-state index contributed by atoms with van der Waals surface area (Å²) in [6, 6.07) is 10.8. The number of ether oxygens (including phenoxy) is 2. The number of hydrogen-bond donors (Lipinski definition) is 2. The van der Waals surface area contributed by atoms with Gasteiger partial charge in [-0.1, -0.05) is 38.8 Å². The smallest absolute Gasteiger partial charge is 0.333 e. The van der Waals surface area contributed by atoms with Crippen LogP contribution in [0.1, 0.15) is 107 Å². The largest absolute Gasteiger partial charge is 0.493 e. The van der Waals surface area contributed by atoms with E-state index in [0.29, 0.717) is 18.0 Å².